The van der Waals surface area contributed by atoms with Crippen LogP contribution in [0.1, 0.15) is 18.9 Å². The highest BCUT2D eigenvalue weighted by Crippen LogP contribution is 2.24. The van der Waals surface area contributed by atoms with Gasteiger partial charge in [0.2, 0.25) is 5.91 Å². The highest BCUT2D eigenvalue weighted by Gasteiger charge is 2.34. The van der Waals surface area contributed by atoms with E-state index in [-0.39, 0.29) is 12.0 Å². The largest absolute Gasteiger partial charge is 0.375 e. The quantitative estimate of drug-likeness (QED) is 0.854. The van der Waals surface area contributed by atoms with Gasteiger partial charge in [0.25, 0.3) is 0 Å². The molecule has 0 spiro atoms. The van der Waals surface area contributed by atoms with Crippen LogP contribution in [0.15, 0.2) is 16.8 Å². The normalized spacial score (nSPS) is 27.2. The minimum absolute atomic E-state index is 0.224. The Morgan fingerprint density at radius 2 is 2.33 bits per heavy atom. The van der Waals surface area contributed by atoms with E-state index in [4.69, 9.17) is 4.74 Å². The highest BCUT2D eigenvalue weighted by atomic mass is 32.1. The van der Waals surface area contributed by atoms with E-state index in [1.54, 1.807) is 11.3 Å². The Morgan fingerprint density at radius 3 is 3.10 bits per heavy atom. The van der Waals surface area contributed by atoms with Gasteiger partial charge in [0.05, 0.1) is 19.1 Å². The van der Waals surface area contributed by atoms with Crippen LogP contribution in [0.3, 0.4) is 0 Å². The summed E-state index contributed by atoms with van der Waals surface area (Å²) in [4.78, 5) is 16.9. The number of nitrogens with zero attached hydrogens (tertiary/aromatic N) is 2. The number of carbonyl (C=O) groups excluding carboxylic acids is 1. The number of hydrogen-bond donors (Lipinski definition) is 0. The van der Waals surface area contributed by atoms with Gasteiger partial charge in [0, 0.05) is 32.1 Å². The number of ether oxygens (including phenoxy) is 1. The Morgan fingerprint density at radius 1 is 1.43 bits per heavy atom. The first-order chi connectivity index (χ1) is 10.3. The number of likely N-dealkylation sites (N-methyl/N-ethyl adjacent to an activating group) is 1. The molecule has 0 N–H and O–H groups in total. The fourth-order valence-corrected chi connectivity index (χ4v) is 3.98. The molecule has 3 rings (SSSR count). The fourth-order valence-electron chi connectivity index (χ4n) is 3.31. The van der Waals surface area contributed by atoms with Gasteiger partial charge in [-0.15, -0.1) is 0 Å². The zero-order valence-electron chi connectivity index (χ0n) is 12.7. The smallest absolute Gasteiger partial charge is 0.227 e. The first-order valence-corrected chi connectivity index (χ1v) is 8.83. The summed E-state index contributed by atoms with van der Waals surface area (Å²) < 4.78 is 6.02. The maximum absolute atomic E-state index is 12.4. The minimum atomic E-state index is 0.224. The molecule has 116 valence electrons. The van der Waals surface area contributed by atoms with Crippen LogP contribution in [0.5, 0.6) is 0 Å². The van der Waals surface area contributed by atoms with Gasteiger partial charge in [-0.3, -0.25) is 4.79 Å². The third-order valence-electron chi connectivity index (χ3n) is 4.66. The van der Waals surface area contributed by atoms with Crippen molar-refractivity contribution in [3.05, 3.63) is 22.4 Å². The first kappa shape index (κ1) is 15.0. The van der Waals surface area contributed by atoms with Gasteiger partial charge in [-0.1, -0.05) is 6.92 Å². The van der Waals surface area contributed by atoms with E-state index in [0.29, 0.717) is 12.3 Å². The van der Waals surface area contributed by atoms with Crippen molar-refractivity contribution < 1.29 is 9.53 Å². The van der Waals surface area contributed by atoms with Crippen LogP contribution in [0.4, 0.5) is 0 Å². The van der Waals surface area contributed by atoms with Crippen LogP contribution < -0.4 is 0 Å². The number of thiophene rings is 1. The maximum Gasteiger partial charge on any atom is 0.227 e. The van der Waals surface area contributed by atoms with Crippen molar-refractivity contribution in [1.82, 2.24) is 9.80 Å². The molecule has 0 bridgehead atoms. The zero-order valence-corrected chi connectivity index (χ0v) is 13.5. The lowest BCUT2D eigenvalue weighted by atomic mass is 9.93. The zero-order chi connectivity index (χ0) is 14.7. The van der Waals surface area contributed by atoms with Crippen LogP contribution in [-0.2, 0) is 16.0 Å². The monoisotopic (exact) mass is 308 g/mol. The molecule has 0 saturated carbocycles. The summed E-state index contributed by atoms with van der Waals surface area (Å²) in [7, 11) is 0. The Balaban J connectivity index is 1.57. The topological polar surface area (TPSA) is 32.8 Å². The SMILES string of the molecule is CCN1CCO[C@H]2CN(C(=O)Cc3ccsc3)CC[C@H]2C1. The number of likely N-dealkylation sites (tertiary alicyclic amines) is 1. The highest BCUT2D eigenvalue weighted by molar-refractivity contribution is 7.07. The summed E-state index contributed by atoms with van der Waals surface area (Å²) in [6.45, 7) is 7.88. The molecule has 2 atom stereocenters. The molecule has 5 heteroatoms. The summed E-state index contributed by atoms with van der Waals surface area (Å²) in [6.07, 6.45) is 1.82. The van der Waals surface area contributed by atoms with Crippen molar-refractivity contribution in [3.8, 4) is 0 Å². The van der Waals surface area contributed by atoms with Crippen molar-refractivity contribution >= 4 is 17.2 Å². The van der Waals surface area contributed by atoms with E-state index in [9.17, 15) is 4.79 Å². The van der Waals surface area contributed by atoms with Crippen molar-refractivity contribution in [2.45, 2.75) is 25.9 Å². The molecule has 21 heavy (non-hydrogen) atoms. The number of carbonyl (C=O) groups is 1. The van der Waals surface area contributed by atoms with Crippen molar-refractivity contribution in [2.24, 2.45) is 5.92 Å². The van der Waals surface area contributed by atoms with E-state index in [2.05, 4.69) is 17.2 Å². The standard InChI is InChI=1S/C16H24N2O2S/c1-2-17-6-7-20-15-11-18(5-3-14(15)10-17)16(19)9-13-4-8-21-12-13/h4,8,12,14-15H,2-3,5-7,9-11H2,1H3/t14-,15-/m0/s1. The van der Waals surface area contributed by atoms with Crippen molar-refractivity contribution in [3.63, 3.8) is 0 Å². The molecule has 2 fully saturated rings. The lowest BCUT2D eigenvalue weighted by Crippen LogP contribution is -2.49. The molecule has 2 saturated heterocycles. The number of piperidine rings is 1. The predicted molar refractivity (Wildman–Crippen MR) is 84.6 cm³/mol. The second-order valence-electron chi connectivity index (χ2n) is 6.00. The molecule has 1 aromatic rings. The molecule has 3 heterocycles. The fraction of sp³-hybridized carbons (Fsp3) is 0.688. The number of fused-ring (bicyclic) bond motifs is 1. The molecule has 0 unspecified atom stereocenters. The van der Waals surface area contributed by atoms with Crippen LogP contribution in [-0.4, -0.2) is 61.1 Å². The third kappa shape index (κ3) is 3.65. The molecular formula is C16H24N2O2S. The number of hydrogen-bond acceptors (Lipinski definition) is 4. The van der Waals surface area contributed by atoms with E-state index >= 15 is 0 Å². The van der Waals surface area contributed by atoms with Gasteiger partial charge < -0.3 is 14.5 Å². The van der Waals surface area contributed by atoms with E-state index in [1.165, 1.54) is 0 Å². The average Bonchev–Trinajstić information content (AvgIpc) is 2.91. The van der Waals surface area contributed by atoms with Crippen LogP contribution >= 0.6 is 11.3 Å². The Hall–Kier alpha value is -0.910. The van der Waals surface area contributed by atoms with Crippen LogP contribution in [0, 0.1) is 5.92 Å². The Kier molecular flexibility index (Phi) is 4.93. The van der Waals surface area contributed by atoms with Gasteiger partial charge in [0.1, 0.15) is 0 Å². The van der Waals surface area contributed by atoms with Crippen LogP contribution in [0.25, 0.3) is 0 Å². The van der Waals surface area contributed by atoms with Crippen molar-refractivity contribution in [1.29, 1.82) is 0 Å². The van der Waals surface area contributed by atoms with E-state index < -0.39 is 0 Å². The molecule has 0 radical (unpaired) electrons. The van der Waals surface area contributed by atoms with Crippen molar-refractivity contribution in [2.75, 3.05) is 39.3 Å². The lowest BCUT2D eigenvalue weighted by molar-refractivity contribution is -0.136. The molecule has 2 aliphatic rings. The van der Waals surface area contributed by atoms with E-state index in [1.807, 2.05) is 16.3 Å². The van der Waals surface area contributed by atoms with Gasteiger partial charge in [0.15, 0.2) is 0 Å². The molecular weight excluding hydrogens is 284 g/mol. The molecule has 1 aromatic heterocycles. The summed E-state index contributed by atoms with van der Waals surface area (Å²) in [5.74, 6) is 0.824. The van der Waals surface area contributed by atoms with E-state index in [0.717, 1.165) is 51.3 Å². The lowest BCUT2D eigenvalue weighted by Gasteiger charge is -2.38. The number of rotatable bonds is 3. The molecule has 2 aliphatic heterocycles. The molecule has 0 aliphatic carbocycles. The summed E-state index contributed by atoms with van der Waals surface area (Å²) >= 11 is 1.65. The summed E-state index contributed by atoms with van der Waals surface area (Å²) in [6, 6.07) is 2.04. The van der Waals surface area contributed by atoms with Crippen LogP contribution in [0.2, 0.25) is 0 Å². The molecule has 0 aromatic carbocycles. The third-order valence-corrected chi connectivity index (χ3v) is 5.40. The van der Waals surface area contributed by atoms with Gasteiger partial charge in [-0.2, -0.15) is 11.3 Å². The molecule has 4 nitrogen and oxygen atoms in total. The molecule has 1 amide bonds. The Labute approximate surface area is 130 Å². The Bertz CT molecular complexity index is 463. The van der Waals surface area contributed by atoms with Gasteiger partial charge in [-0.05, 0) is 35.4 Å². The van der Waals surface area contributed by atoms with Gasteiger partial charge in [-0.25, -0.2) is 0 Å². The minimum Gasteiger partial charge on any atom is -0.375 e. The predicted octanol–water partition coefficient (Wildman–Crippen LogP) is 1.86. The number of amides is 1. The second kappa shape index (κ2) is 6.90. The van der Waals surface area contributed by atoms with Gasteiger partial charge >= 0.3 is 0 Å². The maximum atomic E-state index is 12.4. The summed E-state index contributed by atoms with van der Waals surface area (Å²) in [5.41, 5.74) is 1.13. The first-order valence-electron chi connectivity index (χ1n) is 7.89. The second-order valence-corrected chi connectivity index (χ2v) is 6.78. The summed E-state index contributed by atoms with van der Waals surface area (Å²) in [5, 5.41) is 4.09. The average molecular weight is 308 g/mol.